The average Bonchev–Trinajstić information content (AvgIpc) is 2.94. The molecule has 0 aliphatic heterocycles. The van der Waals surface area contributed by atoms with E-state index >= 15 is 0 Å². The van der Waals surface area contributed by atoms with Crippen molar-refractivity contribution in [2.45, 2.75) is 26.2 Å². The van der Waals surface area contributed by atoms with Crippen molar-refractivity contribution in [1.29, 1.82) is 0 Å². The summed E-state index contributed by atoms with van der Waals surface area (Å²) in [5.41, 5.74) is 2.81. The second kappa shape index (κ2) is 7.75. The maximum absolute atomic E-state index is 12.1. The summed E-state index contributed by atoms with van der Waals surface area (Å²) >= 11 is 0. The van der Waals surface area contributed by atoms with E-state index in [1.54, 1.807) is 13.1 Å². The molecule has 0 saturated carbocycles. The van der Waals surface area contributed by atoms with Gasteiger partial charge in [-0.15, -0.1) is 0 Å². The SMILES string of the molecule is CCOC(=O)Cc1c(CCC=O)n(-c2ccccn2)c2ccccc12. The highest BCUT2D eigenvalue weighted by molar-refractivity contribution is 5.90. The third kappa shape index (κ3) is 3.45. The van der Waals surface area contributed by atoms with Crippen LogP contribution in [-0.2, 0) is 27.2 Å². The lowest BCUT2D eigenvalue weighted by Crippen LogP contribution is -2.10. The monoisotopic (exact) mass is 336 g/mol. The quantitative estimate of drug-likeness (QED) is 0.491. The molecule has 128 valence electrons. The molecule has 0 amide bonds. The van der Waals surface area contributed by atoms with E-state index in [0.717, 1.165) is 34.3 Å². The van der Waals surface area contributed by atoms with Crippen LogP contribution in [0.25, 0.3) is 16.7 Å². The summed E-state index contributed by atoms with van der Waals surface area (Å²) < 4.78 is 7.17. The highest BCUT2D eigenvalue weighted by Gasteiger charge is 2.20. The number of aldehydes is 1. The fourth-order valence-corrected chi connectivity index (χ4v) is 3.12. The van der Waals surface area contributed by atoms with Gasteiger partial charge >= 0.3 is 5.97 Å². The molecule has 2 heterocycles. The molecule has 5 heteroatoms. The van der Waals surface area contributed by atoms with Crippen molar-refractivity contribution < 1.29 is 14.3 Å². The van der Waals surface area contributed by atoms with Gasteiger partial charge in [0.2, 0.25) is 0 Å². The van der Waals surface area contributed by atoms with Gasteiger partial charge in [-0.25, -0.2) is 4.98 Å². The molecule has 1 aromatic carbocycles. The summed E-state index contributed by atoms with van der Waals surface area (Å²) in [5, 5.41) is 0.988. The topological polar surface area (TPSA) is 61.2 Å². The van der Waals surface area contributed by atoms with Gasteiger partial charge in [0.05, 0.1) is 18.5 Å². The smallest absolute Gasteiger partial charge is 0.310 e. The van der Waals surface area contributed by atoms with E-state index < -0.39 is 0 Å². The fourth-order valence-electron chi connectivity index (χ4n) is 3.12. The van der Waals surface area contributed by atoms with Crippen LogP contribution < -0.4 is 0 Å². The zero-order chi connectivity index (χ0) is 17.6. The van der Waals surface area contributed by atoms with Gasteiger partial charge < -0.3 is 9.53 Å². The third-order valence-electron chi connectivity index (χ3n) is 4.09. The fraction of sp³-hybridized carbons (Fsp3) is 0.250. The minimum absolute atomic E-state index is 0.183. The molecule has 0 aliphatic carbocycles. The number of hydrogen-bond donors (Lipinski definition) is 0. The molecule has 0 bridgehead atoms. The van der Waals surface area contributed by atoms with Gasteiger partial charge in [-0.2, -0.15) is 0 Å². The lowest BCUT2D eigenvalue weighted by molar-refractivity contribution is -0.142. The largest absolute Gasteiger partial charge is 0.466 e. The molecule has 0 radical (unpaired) electrons. The Kier molecular flexibility index (Phi) is 5.23. The summed E-state index contributed by atoms with van der Waals surface area (Å²) in [6.45, 7) is 2.14. The second-order valence-electron chi connectivity index (χ2n) is 5.65. The van der Waals surface area contributed by atoms with Crippen LogP contribution in [0.5, 0.6) is 0 Å². The Balaban J connectivity index is 2.22. The Hall–Kier alpha value is -2.95. The molecule has 5 nitrogen and oxygen atoms in total. The number of hydrogen-bond acceptors (Lipinski definition) is 4. The van der Waals surface area contributed by atoms with Crippen molar-refractivity contribution in [3.63, 3.8) is 0 Å². The molecule has 0 N–H and O–H groups in total. The minimum atomic E-state index is -0.265. The van der Waals surface area contributed by atoms with Gasteiger partial charge in [0.25, 0.3) is 0 Å². The first kappa shape index (κ1) is 16.9. The number of carbonyl (C=O) groups excluding carboxylic acids is 2. The van der Waals surface area contributed by atoms with Crippen molar-refractivity contribution in [3.8, 4) is 5.82 Å². The summed E-state index contributed by atoms with van der Waals surface area (Å²) in [5.74, 6) is 0.508. The Morgan fingerprint density at radius 1 is 1.20 bits per heavy atom. The predicted octanol–water partition coefficient (Wildman–Crippen LogP) is 3.26. The Bertz CT molecular complexity index is 885. The number of nitrogens with zero attached hydrogens (tertiary/aromatic N) is 2. The van der Waals surface area contributed by atoms with Crippen molar-refractivity contribution in [1.82, 2.24) is 9.55 Å². The number of aromatic nitrogens is 2. The Morgan fingerprint density at radius 2 is 2.00 bits per heavy atom. The van der Waals surface area contributed by atoms with Crippen LogP contribution in [0.2, 0.25) is 0 Å². The normalized spacial score (nSPS) is 10.8. The lowest BCUT2D eigenvalue weighted by Gasteiger charge is -2.10. The summed E-state index contributed by atoms with van der Waals surface area (Å²) in [7, 11) is 0. The molecule has 0 saturated heterocycles. The minimum Gasteiger partial charge on any atom is -0.466 e. The number of benzene rings is 1. The highest BCUT2D eigenvalue weighted by atomic mass is 16.5. The van der Waals surface area contributed by atoms with Gasteiger partial charge in [-0.1, -0.05) is 24.3 Å². The Morgan fingerprint density at radius 3 is 2.72 bits per heavy atom. The van der Waals surface area contributed by atoms with E-state index in [-0.39, 0.29) is 12.4 Å². The maximum Gasteiger partial charge on any atom is 0.310 e. The molecular weight excluding hydrogens is 316 g/mol. The standard InChI is InChI=1S/C20H20N2O3/c1-2-25-20(24)14-16-15-8-3-4-9-17(15)22(18(16)10-7-13-23)19-11-5-6-12-21-19/h3-6,8-9,11-13H,2,7,10,14H2,1H3. The lowest BCUT2D eigenvalue weighted by atomic mass is 10.0. The molecule has 0 aliphatic rings. The molecule has 0 unspecified atom stereocenters. The number of pyridine rings is 1. The van der Waals surface area contributed by atoms with Crippen LogP contribution in [-0.4, -0.2) is 28.4 Å². The van der Waals surface area contributed by atoms with Gasteiger partial charge in [-0.3, -0.25) is 9.36 Å². The van der Waals surface area contributed by atoms with E-state index in [2.05, 4.69) is 4.98 Å². The first-order valence-electron chi connectivity index (χ1n) is 8.38. The van der Waals surface area contributed by atoms with E-state index in [0.29, 0.717) is 19.4 Å². The van der Waals surface area contributed by atoms with Crippen LogP contribution in [0.1, 0.15) is 24.6 Å². The van der Waals surface area contributed by atoms with E-state index in [1.807, 2.05) is 47.0 Å². The average molecular weight is 336 g/mol. The Labute approximate surface area is 146 Å². The maximum atomic E-state index is 12.1. The van der Waals surface area contributed by atoms with Crippen molar-refractivity contribution in [2.24, 2.45) is 0 Å². The highest BCUT2D eigenvalue weighted by Crippen LogP contribution is 2.30. The molecule has 0 fully saturated rings. The zero-order valence-electron chi connectivity index (χ0n) is 14.1. The second-order valence-corrected chi connectivity index (χ2v) is 5.65. The first-order valence-corrected chi connectivity index (χ1v) is 8.38. The third-order valence-corrected chi connectivity index (χ3v) is 4.09. The number of para-hydroxylation sites is 1. The first-order chi connectivity index (χ1) is 12.3. The molecule has 3 aromatic rings. The number of rotatable bonds is 7. The van der Waals surface area contributed by atoms with Crippen molar-refractivity contribution in [3.05, 3.63) is 59.9 Å². The van der Waals surface area contributed by atoms with E-state index in [9.17, 15) is 9.59 Å². The van der Waals surface area contributed by atoms with Gasteiger partial charge in [0.15, 0.2) is 0 Å². The summed E-state index contributed by atoms with van der Waals surface area (Å²) in [6.07, 6.45) is 3.75. The summed E-state index contributed by atoms with van der Waals surface area (Å²) in [4.78, 5) is 27.5. The van der Waals surface area contributed by atoms with E-state index in [4.69, 9.17) is 4.74 Å². The van der Waals surface area contributed by atoms with Gasteiger partial charge in [0.1, 0.15) is 12.1 Å². The number of fused-ring (bicyclic) bond motifs is 1. The van der Waals surface area contributed by atoms with Crippen LogP contribution in [0.15, 0.2) is 48.7 Å². The van der Waals surface area contributed by atoms with Gasteiger partial charge in [-0.05, 0) is 37.1 Å². The molecule has 25 heavy (non-hydrogen) atoms. The molecular formula is C20H20N2O3. The number of esters is 1. The van der Waals surface area contributed by atoms with Crippen LogP contribution in [0, 0.1) is 0 Å². The van der Waals surface area contributed by atoms with E-state index in [1.165, 1.54) is 0 Å². The van der Waals surface area contributed by atoms with Crippen LogP contribution in [0.4, 0.5) is 0 Å². The number of carbonyl (C=O) groups is 2. The van der Waals surface area contributed by atoms with Gasteiger partial charge in [0, 0.05) is 23.7 Å². The van der Waals surface area contributed by atoms with Crippen LogP contribution in [0.3, 0.4) is 0 Å². The van der Waals surface area contributed by atoms with Crippen molar-refractivity contribution >= 4 is 23.2 Å². The zero-order valence-corrected chi connectivity index (χ0v) is 14.1. The number of ether oxygens (including phenoxy) is 1. The molecule has 0 spiro atoms. The van der Waals surface area contributed by atoms with Crippen molar-refractivity contribution in [2.75, 3.05) is 6.61 Å². The summed E-state index contributed by atoms with van der Waals surface area (Å²) in [6, 6.07) is 13.6. The molecule has 2 aromatic heterocycles. The predicted molar refractivity (Wildman–Crippen MR) is 95.8 cm³/mol. The molecule has 0 atom stereocenters. The van der Waals surface area contributed by atoms with Crippen LogP contribution >= 0.6 is 0 Å². The molecule has 3 rings (SSSR count).